The van der Waals surface area contributed by atoms with Crippen molar-refractivity contribution in [2.45, 2.75) is 26.8 Å². The molecule has 0 aliphatic carbocycles. The van der Waals surface area contributed by atoms with Gasteiger partial charge in [-0.05, 0) is 30.4 Å². The van der Waals surface area contributed by atoms with E-state index >= 15 is 0 Å². The van der Waals surface area contributed by atoms with E-state index in [1.807, 2.05) is 18.2 Å². The first kappa shape index (κ1) is 14.4. The second-order valence-electron chi connectivity index (χ2n) is 5.41. The van der Waals surface area contributed by atoms with Crippen LogP contribution in [0.15, 0.2) is 24.4 Å². The lowest BCUT2D eigenvalue weighted by atomic mass is 9.94. The Balaban J connectivity index is 1.98. The molecule has 0 radical (unpaired) electrons. The van der Waals surface area contributed by atoms with Crippen LogP contribution < -0.4 is 4.72 Å². The molecule has 106 valence electrons. The third-order valence-electron chi connectivity index (χ3n) is 3.34. The second-order valence-corrected chi connectivity index (χ2v) is 7.17. The molecule has 1 saturated heterocycles. The van der Waals surface area contributed by atoms with Crippen molar-refractivity contribution in [3.05, 3.63) is 30.1 Å². The molecular formula is C13H21N3O2S. The Morgan fingerprint density at radius 2 is 2.00 bits per heavy atom. The molecule has 1 aromatic heterocycles. The van der Waals surface area contributed by atoms with Gasteiger partial charge in [-0.15, -0.1) is 0 Å². The number of pyridine rings is 1. The number of rotatable bonds is 4. The van der Waals surface area contributed by atoms with E-state index in [1.165, 1.54) is 0 Å². The Kier molecular flexibility index (Phi) is 4.54. The summed E-state index contributed by atoms with van der Waals surface area (Å²) in [5, 5.41) is 0. The van der Waals surface area contributed by atoms with Crippen LogP contribution in [0.4, 0.5) is 0 Å². The highest BCUT2D eigenvalue weighted by molar-refractivity contribution is 7.87. The van der Waals surface area contributed by atoms with Crippen LogP contribution in [-0.4, -0.2) is 30.8 Å². The van der Waals surface area contributed by atoms with Crippen molar-refractivity contribution >= 4 is 10.2 Å². The lowest BCUT2D eigenvalue weighted by Crippen LogP contribution is -2.47. The highest BCUT2D eigenvalue weighted by atomic mass is 32.2. The van der Waals surface area contributed by atoms with Gasteiger partial charge in [0, 0.05) is 19.3 Å². The van der Waals surface area contributed by atoms with Gasteiger partial charge in [0.05, 0.1) is 12.2 Å². The molecule has 5 nitrogen and oxygen atoms in total. The molecule has 0 aromatic carbocycles. The Hall–Kier alpha value is -0.980. The predicted molar refractivity (Wildman–Crippen MR) is 74.5 cm³/mol. The van der Waals surface area contributed by atoms with E-state index in [0.29, 0.717) is 24.9 Å². The lowest BCUT2D eigenvalue weighted by Gasteiger charge is -2.33. The largest absolute Gasteiger partial charge is 0.279 e. The molecule has 2 rings (SSSR count). The van der Waals surface area contributed by atoms with Gasteiger partial charge in [0.25, 0.3) is 10.2 Å². The van der Waals surface area contributed by atoms with Gasteiger partial charge < -0.3 is 0 Å². The first-order chi connectivity index (χ1) is 8.97. The van der Waals surface area contributed by atoms with Gasteiger partial charge in [-0.1, -0.05) is 19.9 Å². The maximum atomic E-state index is 12.2. The normalized spacial score (nSPS) is 25.4. The molecular weight excluding hydrogens is 262 g/mol. The highest BCUT2D eigenvalue weighted by Crippen LogP contribution is 2.22. The Bertz CT molecular complexity index is 494. The van der Waals surface area contributed by atoms with E-state index in [2.05, 4.69) is 23.6 Å². The van der Waals surface area contributed by atoms with Gasteiger partial charge >= 0.3 is 0 Å². The molecule has 0 amide bonds. The monoisotopic (exact) mass is 283 g/mol. The third kappa shape index (κ3) is 3.99. The molecule has 1 aliphatic rings. The molecule has 1 fully saturated rings. The van der Waals surface area contributed by atoms with E-state index in [1.54, 1.807) is 10.5 Å². The van der Waals surface area contributed by atoms with E-state index in [9.17, 15) is 8.42 Å². The Labute approximate surface area is 115 Å². The zero-order chi connectivity index (χ0) is 13.9. The van der Waals surface area contributed by atoms with Crippen molar-refractivity contribution in [1.82, 2.24) is 14.0 Å². The third-order valence-corrected chi connectivity index (χ3v) is 4.82. The number of nitrogens with one attached hydrogen (secondary N) is 1. The summed E-state index contributed by atoms with van der Waals surface area (Å²) in [5.41, 5.74) is 0.726. The first-order valence-corrected chi connectivity index (χ1v) is 8.06. The molecule has 1 aromatic rings. The average molecular weight is 283 g/mol. The van der Waals surface area contributed by atoms with Gasteiger partial charge in [-0.2, -0.15) is 17.4 Å². The van der Waals surface area contributed by atoms with E-state index in [4.69, 9.17) is 0 Å². The second kappa shape index (κ2) is 5.98. The molecule has 6 heteroatoms. The van der Waals surface area contributed by atoms with E-state index in [-0.39, 0.29) is 6.54 Å². The van der Waals surface area contributed by atoms with Crippen LogP contribution in [0.25, 0.3) is 0 Å². The lowest BCUT2D eigenvalue weighted by molar-refractivity contribution is 0.220. The molecule has 1 N–H and O–H groups in total. The smallest absolute Gasteiger partial charge is 0.260 e. The minimum Gasteiger partial charge on any atom is -0.260 e. The summed E-state index contributed by atoms with van der Waals surface area (Å²) in [6.45, 7) is 5.63. The van der Waals surface area contributed by atoms with Crippen molar-refractivity contribution < 1.29 is 8.42 Å². The van der Waals surface area contributed by atoms with Crippen LogP contribution in [0.1, 0.15) is 26.0 Å². The summed E-state index contributed by atoms with van der Waals surface area (Å²) in [6, 6.07) is 5.47. The molecule has 2 heterocycles. The molecule has 0 bridgehead atoms. The van der Waals surface area contributed by atoms with Crippen molar-refractivity contribution in [2.75, 3.05) is 13.1 Å². The topological polar surface area (TPSA) is 62.3 Å². The maximum Gasteiger partial charge on any atom is 0.279 e. The molecule has 1 aliphatic heterocycles. The average Bonchev–Trinajstić information content (AvgIpc) is 2.37. The summed E-state index contributed by atoms with van der Waals surface area (Å²) in [7, 11) is -3.40. The van der Waals surface area contributed by atoms with Crippen molar-refractivity contribution in [1.29, 1.82) is 0 Å². The fraction of sp³-hybridized carbons (Fsp3) is 0.615. The molecule has 2 atom stereocenters. The number of piperidine rings is 1. The van der Waals surface area contributed by atoms with Crippen LogP contribution in [0.3, 0.4) is 0 Å². The summed E-state index contributed by atoms with van der Waals surface area (Å²) in [5.74, 6) is 0.824. The van der Waals surface area contributed by atoms with Gasteiger partial charge in [0.1, 0.15) is 0 Å². The predicted octanol–water partition coefficient (Wildman–Crippen LogP) is 1.39. The number of nitrogens with zero attached hydrogens (tertiary/aromatic N) is 2. The van der Waals surface area contributed by atoms with Crippen LogP contribution >= 0.6 is 0 Å². The van der Waals surface area contributed by atoms with Crippen LogP contribution in [-0.2, 0) is 16.8 Å². The van der Waals surface area contributed by atoms with Crippen LogP contribution in [0, 0.1) is 11.8 Å². The number of hydrogen-bond donors (Lipinski definition) is 1. The summed E-state index contributed by atoms with van der Waals surface area (Å²) >= 11 is 0. The Morgan fingerprint density at radius 1 is 1.32 bits per heavy atom. The summed E-state index contributed by atoms with van der Waals surface area (Å²) in [6.07, 6.45) is 2.75. The van der Waals surface area contributed by atoms with Crippen molar-refractivity contribution in [3.8, 4) is 0 Å². The fourth-order valence-electron chi connectivity index (χ4n) is 2.56. The first-order valence-electron chi connectivity index (χ1n) is 6.62. The van der Waals surface area contributed by atoms with Gasteiger partial charge in [-0.25, -0.2) is 0 Å². The zero-order valence-corrected chi connectivity index (χ0v) is 12.2. The minimum atomic E-state index is -3.40. The van der Waals surface area contributed by atoms with E-state index in [0.717, 1.165) is 12.1 Å². The Morgan fingerprint density at radius 3 is 2.58 bits per heavy atom. The van der Waals surface area contributed by atoms with E-state index < -0.39 is 10.2 Å². The maximum absolute atomic E-state index is 12.2. The molecule has 0 spiro atoms. The van der Waals surface area contributed by atoms with Crippen molar-refractivity contribution in [2.24, 2.45) is 11.8 Å². The molecule has 2 unspecified atom stereocenters. The summed E-state index contributed by atoms with van der Waals surface area (Å²) in [4.78, 5) is 4.11. The quantitative estimate of drug-likeness (QED) is 0.908. The van der Waals surface area contributed by atoms with Gasteiger partial charge in [-0.3, -0.25) is 4.98 Å². The van der Waals surface area contributed by atoms with Crippen LogP contribution in [0.5, 0.6) is 0 Å². The fourth-order valence-corrected chi connectivity index (χ4v) is 3.98. The summed E-state index contributed by atoms with van der Waals surface area (Å²) < 4.78 is 28.6. The standard InChI is InChI=1S/C13H21N3O2S/c1-11-7-12(2)10-16(9-11)19(17,18)15-8-13-5-3-4-6-14-13/h3-6,11-12,15H,7-10H2,1-2H3. The minimum absolute atomic E-state index is 0.239. The zero-order valence-electron chi connectivity index (χ0n) is 11.4. The number of aromatic nitrogens is 1. The molecule has 19 heavy (non-hydrogen) atoms. The van der Waals surface area contributed by atoms with Crippen molar-refractivity contribution in [3.63, 3.8) is 0 Å². The highest BCUT2D eigenvalue weighted by Gasteiger charge is 2.30. The van der Waals surface area contributed by atoms with Gasteiger partial charge in [0.15, 0.2) is 0 Å². The number of hydrogen-bond acceptors (Lipinski definition) is 3. The van der Waals surface area contributed by atoms with Crippen LogP contribution in [0.2, 0.25) is 0 Å². The molecule has 0 saturated carbocycles. The van der Waals surface area contributed by atoms with Gasteiger partial charge in [0.2, 0.25) is 0 Å². The SMILES string of the molecule is CC1CC(C)CN(S(=O)(=O)NCc2ccccn2)C1.